The maximum absolute atomic E-state index is 9.39. The molecule has 2 aromatic rings. The van der Waals surface area contributed by atoms with Gasteiger partial charge in [-0.3, -0.25) is 0 Å². The van der Waals surface area contributed by atoms with Crippen LogP contribution in [-0.4, -0.2) is 7.11 Å². The van der Waals surface area contributed by atoms with Crippen LogP contribution in [0.1, 0.15) is 11.6 Å². The number of rotatable bonds is 4. The van der Waals surface area contributed by atoms with Crippen LogP contribution >= 0.6 is 23.2 Å². The molecule has 0 amide bonds. The van der Waals surface area contributed by atoms with E-state index in [0.717, 1.165) is 5.69 Å². The van der Waals surface area contributed by atoms with Gasteiger partial charge in [0, 0.05) is 16.3 Å². The summed E-state index contributed by atoms with van der Waals surface area (Å²) in [6.45, 7) is 0. The molecule has 0 aliphatic carbocycles. The van der Waals surface area contributed by atoms with Crippen molar-refractivity contribution in [1.29, 1.82) is 5.26 Å². The molecule has 102 valence electrons. The normalized spacial score (nSPS) is 11.5. The monoisotopic (exact) mass is 306 g/mol. The van der Waals surface area contributed by atoms with E-state index in [1.807, 2.05) is 12.1 Å². The van der Waals surface area contributed by atoms with E-state index in [0.29, 0.717) is 21.4 Å². The maximum Gasteiger partial charge on any atom is 0.145 e. The van der Waals surface area contributed by atoms with E-state index in [4.69, 9.17) is 27.9 Å². The lowest BCUT2D eigenvalue weighted by Crippen LogP contribution is -2.10. The summed E-state index contributed by atoms with van der Waals surface area (Å²) in [6.07, 6.45) is 0. The van der Waals surface area contributed by atoms with Gasteiger partial charge in [0.1, 0.15) is 11.8 Å². The van der Waals surface area contributed by atoms with E-state index in [2.05, 4.69) is 11.4 Å². The van der Waals surface area contributed by atoms with E-state index in [-0.39, 0.29) is 0 Å². The Morgan fingerprint density at radius 3 is 2.60 bits per heavy atom. The minimum Gasteiger partial charge on any atom is -0.496 e. The Hall–Kier alpha value is -1.89. The zero-order valence-corrected chi connectivity index (χ0v) is 12.2. The number of ether oxygens (including phenoxy) is 1. The molecule has 0 aliphatic heterocycles. The Labute approximate surface area is 127 Å². The predicted octanol–water partition coefficient (Wildman–Crippen LogP) is 4.68. The number of anilines is 1. The topological polar surface area (TPSA) is 45.0 Å². The molecule has 1 atom stereocenters. The molecule has 0 saturated heterocycles. The summed E-state index contributed by atoms with van der Waals surface area (Å²) < 4.78 is 5.27. The molecule has 1 unspecified atom stereocenters. The van der Waals surface area contributed by atoms with Crippen molar-refractivity contribution in [3.63, 3.8) is 0 Å². The highest BCUT2D eigenvalue weighted by molar-refractivity contribution is 6.31. The van der Waals surface area contributed by atoms with Gasteiger partial charge in [0.05, 0.1) is 18.2 Å². The van der Waals surface area contributed by atoms with Crippen molar-refractivity contribution in [3.05, 3.63) is 58.1 Å². The van der Waals surface area contributed by atoms with Crippen LogP contribution in [0.15, 0.2) is 42.5 Å². The summed E-state index contributed by atoms with van der Waals surface area (Å²) in [4.78, 5) is 0. The summed E-state index contributed by atoms with van der Waals surface area (Å²) in [5.41, 5.74) is 1.35. The number of nitrogens with one attached hydrogen (secondary N) is 1. The van der Waals surface area contributed by atoms with Gasteiger partial charge in [0.2, 0.25) is 0 Å². The van der Waals surface area contributed by atoms with Crippen LogP contribution in [0, 0.1) is 11.3 Å². The number of hydrogen-bond acceptors (Lipinski definition) is 3. The van der Waals surface area contributed by atoms with Crippen LogP contribution in [0.3, 0.4) is 0 Å². The molecule has 0 saturated carbocycles. The standard InChI is InChI=1S/C15H12Cl2N2O/c1-20-14-7-3-6-12(17)15(14)13(9-18)19-11-5-2-4-10(16)8-11/h2-8,13,19H,1H3. The maximum atomic E-state index is 9.39. The highest BCUT2D eigenvalue weighted by atomic mass is 35.5. The largest absolute Gasteiger partial charge is 0.496 e. The minimum atomic E-state index is -0.628. The first-order chi connectivity index (χ1) is 9.65. The molecule has 20 heavy (non-hydrogen) atoms. The van der Waals surface area contributed by atoms with Crippen LogP contribution in [-0.2, 0) is 0 Å². The summed E-state index contributed by atoms with van der Waals surface area (Å²) in [5.74, 6) is 0.568. The Morgan fingerprint density at radius 1 is 1.20 bits per heavy atom. The van der Waals surface area contributed by atoms with Crippen molar-refractivity contribution >= 4 is 28.9 Å². The molecule has 0 aromatic heterocycles. The molecular weight excluding hydrogens is 295 g/mol. The third-order valence-electron chi connectivity index (χ3n) is 2.79. The lowest BCUT2D eigenvalue weighted by molar-refractivity contribution is 0.409. The van der Waals surface area contributed by atoms with Gasteiger partial charge < -0.3 is 10.1 Å². The van der Waals surface area contributed by atoms with Crippen LogP contribution in [0.5, 0.6) is 5.75 Å². The zero-order chi connectivity index (χ0) is 14.5. The number of benzene rings is 2. The average molecular weight is 307 g/mol. The highest BCUT2D eigenvalue weighted by Crippen LogP contribution is 2.34. The third kappa shape index (κ3) is 3.16. The summed E-state index contributed by atoms with van der Waals surface area (Å²) in [5, 5.41) is 13.6. The van der Waals surface area contributed by atoms with E-state index in [1.165, 1.54) is 0 Å². The van der Waals surface area contributed by atoms with Crippen molar-refractivity contribution in [1.82, 2.24) is 0 Å². The van der Waals surface area contributed by atoms with Gasteiger partial charge in [-0.25, -0.2) is 0 Å². The second-order valence-corrected chi connectivity index (χ2v) is 4.92. The average Bonchev–Trinajstić information content (AvgIpc) is 2.45. The molecule has 5 heteroatoms. The summed E-state index contributed by atoms with van der Waals surface area (Å²) in [7, 11) is 1.54. The van der Waals surface area contributed by atoms with Crippen LogP contribution < -0.4 is 10.1 Å². The van der Waals surface area contributed by atoms with Crippen molar-refractivity contribution in [2.24, 2.45) is 0 Å². The molecule has 0 spiro atoms. The van der Waals surface area contributed by atoms with Gasteiger partial charge in [0.15, 0.2) is 0 Å². The second kappa shape index (κ2) is 6.51. The van der Waals surface area contributed by atoms with E-state index >= 15 is 0 Å². The summed E-state index contributed by atoms with van der Waals surface area (Å²) in [6, 6.07) is 14.0. The molecule has 1 N–H and O–H groups in total. The fraction of sp³-hybridized carbons (Fsp3) is 0.133. The molecule has 3 nitrogen and oxygen atoms in total. The van der Waals surface area contributed by atoms with Gasteiger partial charge in [-0.15, -0.1) is 0 Å². The van der Waals surface area contributed by atoms with E-state index in [1.54, 1.807) is 37.4 Å². The Balaban J connectivity index is 2.37. The molecule has 0 bridgehead atoms. The van der Waals surface area contributed by atoms with E-state index < -0.39 is 6.04 Å². The Kier molecular flexibility index (Phi) is 4.73. The van der Waals surface area contributed by atoms with Gasteiger partial charge >= 0.3 is 0 Å². The number of halogens is 2. The van der Waals surface area contributed by atoms with Gasteiger partial charge in [0.25, 0.3) is 0 Å². The van der Waals surface area contributed by atoms with Crippen LogP contribution in [0.25, 0.3) is 0 Å². The molecule has 2 rings (SSSR count). The van der Waals surface area contributed by atoms with Crippen LogP contribution in [0.4, 0.5) is 5.69 Å². The first-order valence-corrected chi connectivity index (χ1v) is 6.65. The van der Waals surface area contributed by atoms with Crippen molar-refractivity contribution in [3.8, 4) is 11.8 Å². The van der Waals surface area contributed by atoms with E-state index in [9.17, 15) is 5.26 Å². The molecule has 0 radical (unpaired) electrons. The van der Waals surface area contributed by atoms with Gasteiger partial charge in [-0.1, -0.05) is 35.3 Å². The lowest BCUT2D eigenvalue weighted by Gasteiger charge is -2.17. The fourth-order valence-corrected chi connectivity index (χ4v) is 2.35. The quantitative estimate of drug-likeness (QED) is 0.892. The first-order valence-electron chi connectivity index (χ1n) is 5.90. The minimum absolute atomic E-state index is 0.477. The molecule has 0 fully saturated rings. The summed E-state index contributed by atoms with van der Waals surface area (Å²) >= 11 is 12.1. The SMILES string of the molecule is COc1cccc(Cl)c1C(C#N)Nc1cccc(Cl)c1. The smallest absolute Gasteiger partial charge is 0.145 e. The lowest BCUT2D eigenvalue weighted by atomic mass is 10.1. The van der Waals surface area contributed by atoms with Crippen molar-refractivity contribution in [2.45, 2.75) is 6.04 Å². The number of methoxy groups -OCH3 is 1. The number of nitriles is 1. The third-order valence-corrected chi connectivity index (χ3v) is 3.35. The zero-order valence-electron chi connectivity index (χ0n) is 10.7. The van der Waals surface area contributed by atoms with Gasteiger partial charge in [-0.2, -0.15) is 5.26 Å². The molecule has 2 aromatic carbocycles. The van der Waals surface area contributed by atoms with Gasteiger partial charge in [-0.05, 0) is 30.3 Å². The molecular formula is C15H12Cl2N2O. The van der Waals surface area contributed by atoms with Crippen molar-refractivity contribution in [2.75, 3.05) is 12.4 Å². The Bertz CT molecular complexity index is 653. The first kappa shape index (κ1) is 14.5. The van der Waals surface area contributed by atoms with Crippen LogP contribution in [0.2, 0.25) is 10.0 Å². The molecule has 0 aliphatic rings. The Morgan fingerprint density at radius 2 is 1.95 bits per heavy atom. The number of hydrogen-bond donors (Lipinski definition) is 1. The highest BCUT2D eigenvalue weighted by Gasteiger charge is 2.19. The fourth-order valence-electron chi connectivity index (χ4n) is 1.89. The molecule has 0 heterocycles. The number of nitrogens with zero attached hydrogens (tertiary/aromatic N) is 1. The second-order valence-electron chi connectivity index (χ2n) is 4.07. The van der Waals surface area contributed by atoms with Crippen molar-refractivity contribution < 1.29 is 4.74 Å². The predicted molar refractivity (Wildman–Crippen MR) is 81.4 cm³/mol.